The van der Waals surface area contributed by atoms with Gasteiger partial charge >= 0.3 is 0 Å². The summed E-state index contributed by atoms with van der Waals surface area (Å²) in [5.74, 6) is 2.87. The van der Waals surface area contributed by atoms with Gasteiger partial charge in [0.1, 0.15) is 0 Å². The Morgan fingerprint density at radius 1 is 1.24 bits per heavy atom. The van der Waals surface area contributed by atoms with E-state index in [1.54, 1.807) is 0 Å². The standard InChI is InChI=1S/C16H30O/c1-4-14(13(2)3)12-16(10-11-17)15-8-6-5-7-9-15/h4,13-17H,1,5-12H2,2-3H3/t14-,16?/m0/s1. The molecule has 17 heavy (non-hydrogen) atoms. The second-order valence-corrected chi connectivity index (χ2v) is 6.05. The van der Waals surface area contributed by atoms with Gasteiger partial charge in [0, 0.05) is 6.61 Å². The highest BCUT2D eigenvalue weighted by atomic mass is 16.3. The number of rotatable bonds is 7. The monoisotopic (exact) mass is 238 g/mol. The van der Waals surface area contributed by atoms with Crippen molar-refractivity contribution in [2.45, 2.75) is 58.8 Å². The summed E-state index contributed by atoms with van der Waals surface area (Å²) in [5.41, 5.74) is 0. The van der Waals surface area contributed by atoms with E-state index in [0.717, 1.165) is 12.3 Å². The molecule has 0 aromatic heterocycles. The average molecular weight is 238 g/mol. The number of hydrogen-bond acceptors (Lipinski definition) is 1. The van der Waals surface area contributed by atoms with Gasteiger partial charge in [-0.25, -0.2) is 0 Å². The van der Waals surface area contributed by atoms with Crippen LogP contribution in [0.3, 0.4) is 0 Å². The normalized spacial score (nSPS) is 21.4. The zero-order valence-electron chi connectivity index (χ0n) is 11.7. The van der Waals surface area contributed by atoms with Gasteiger partial charge in [-0.05, 0) is 36.5 Å². The Morgan fingerprint density at radius 2 is 1.88 bits per heavy atom. The third-order valence-corrected chi connectivity index (χ3v) is 4.55. The van der Waals surface area contributed by atoms with E-state index in [-0.39, 0.29) is 0 Å². The fraction of sp³-hybridized carbons (Fsp3) is 0.875. The van der Waals surface area contributed by atoms with Crippen molar-refractivity contribution >= 4 is 0 Å². The largest absolute Gasteiger partial charge is 0.396 e. The van der Waals surface area contributed by atoms with Gasteiger partial charge in [0.2, 0.25) is 0 Å². The van der Waals surface area contributed by atoms with Gasteiger partial charge in [0.15, 0.2) is 0 Å². The van der Waals surface area contributed by atoms with Crippen LogP contribution in [-0.2, 0) is 0 Å². The Bertz CT molecular complexity index is 204. The van der Waals surface area contributed by atoms with Gasteiger partial charge in [-0.3, -0.25) is 0 Å². The molecule has 0 radical (unpaired) electrons. The Balaban J connectivity index is 2.53. The van der Waals surface area contributed by atoms with E-state index in [9.17, 15) is 5.11 Å². The summed E-state index contributed by atoms with van der Waals surface area (Å²) in [5, 5.41) is 9.27. The van der Waals surface area contributed by atoms with Crippen LogP contribution in [0.1, 0.15) is 58.8 Å². The minimum absolute atomic E-state index is 0.350. The molecular weight excluding hydrogens is 208 g/mol. The summed E-state index contributed by atoms with van der Waals surface area (Å²) in [4.78, 5) is 0. The average Bonchev–Trinajstić information content (AvgIpc) is 2.35. The lowest BCUT2D eigenvalue weighted by Crippen LogP contribution is -2.23. The van der Waals surface area contributed by atoms with Gasteiger partial charge in [0.25, 0.3) is 0 Å². The molecule has 1 heteroatoms. The van der Waals surface area contributed by atoms with Crippen LogP contribution >= 0.6 is 0 Å². The van der Waals surface area contributed by atoms with E-state index in [2.05, 4.69) is 26.5 Å². The highest BCUT2D eigenvalue weighted by Crippen LogP contribution is 2.36. The molecule has 1 aliphatic carbocycles. The van der Waals surface area contributed by atoms with Gasteiger partial charge in [0.05, 0.1) is 0 Å². The minimum atomic E-state index is 0.350. The van der Waals surface area contributed by atoms with Crippen LogP contribution in [0, 0.1) is 23.7 Å². The van der Waals surface area contributed by atoms with Crippen molar-refractivity contribution in [2.75, 3.05) is 6.61 Å². The van der Waals surface area contributed by atoms with Crippen LogP contribution in [0.5, 0.6) is 0 Å². The number of allylic oxidation sites excluding steroid dienone is 1. The zero-order valence-corrected chi connectivity index (χ0v) is 11.7. The van der Waals surface area contributed by atoms with E-state index < -0.39 is 0 Å². The molecule has 0 saturated heterocycles. The van der Waals surface area contributed by atoms with Crippen molar-refractivity contribution in [1.29, 1.82) is 0 Å². The highest BCUT2D eigenvalue weighted by Gasteiger charge is 2.25. The van der Waals surface area contributed by atoms with E-state index in [1.807, 2.05) is 0 Å². The molecule has 0 amide bonds. The van der Waals surface area contributed by atoms with Crippen molar-refractivity contribution in [3.8, 4) is 0 Å². The molecule has 2 atom stereocenters. The molecule has 1 N–H and O–H groups in total. The number of aliphatic hydroxyl groups is 1. The van der Waals surface area contributed by atoms with Crippen LogP contribution in [-0.4, -0.2) is 11.7 Å². The minimum Gasteiger partial charge on any atom is -0.396 e. The van der Waals surface area contributed by atoms with Crippen molar-refractivity contribution in [3.63, 3.8) is 0 Å². The van der Waals surface area contributed by atoms with Crippen molar-refractivity contribution in [3.05, 3.63) is 12.7 Å². The summed E-state index contributed by atoms with van der Waals surface area (Å²) in [7, 11) is 0. The maximum Gasteiger partial charge on any atom is 0.0433 e. The van der Waals surface area contributed by atoms with E-state index in [1.165, 1.54) is 38.5 Å². The molecule has 0 aromatic rings. The molecule has 1 rings (SSSR count). The van der Waals surface area contributed by atoms with Crippen LogP contribution in [0.2, 0.25) is 0 Å². The first kappa shape index (κ1) is 14.8. The first-order valence-electron chi connectivity index (χ1n) is 7.42. The predicted octanol–water partition coefficient (Wildman–Crippen LogP) is 4.41. The Morgan fingerprint density at radius 3 is 2.35 bits per heavy atom. The van der Waals surface area contributed by atoms with Gasteiger partial charge in [-0.15, -0.1) is 6.58 Å². The zero-order chi connectivity index (χ0) is 12.7. The van der Waals surface area contributed by atoms with Crippen LogP contribution < -0.4 is 0 Å². The molecule has 1 nitrogen and oxygen atoms in total. The Kier molecular flexibility index (Phi) is 6.87. The SMILES string of the molecule is C=C[C@@H](CC(CCO)C1CCCCC1)C(C)C. The summed E-state index contributed by atoms with van der Waals surface area (Å²) in [6.45, 7) is 8.89. The number of hydrogen-bond donors (Lipinski definition) is 1. The van der Waals surface area contributed by atoms with Gasteiger partial charge in [-0.1, -0.05) is 52.0 Å². The molecule has 0 aromatic carbocycles. The third kappa shape index (κ3) is 4.83. The highest BCUT2D eigenvalue weighted by molar-refractivity contribution is 4.86. The maximum absolute atomic E-state index is 9.27. The van der Waals surface area contributed by atoms with Crippen molar-refractivity contribution < 1.29 is 5.11 Å². The summed E-state index contributed by atoms with van der Waals surface area (Å²) < 4.78 is 0. The Labute approximate surface area is 107 Å². The molecule has 0 bridgehead atoms. The molecular formula is C16H30O. The lowest BCUT2D eigenvalue weighted by atomic mass is 9.73. The molecule has 100 valence electrons. The van der Waals surface area contributed by atoms with E-state index in [4.69, 9.17) is 0 Å². The fourth-order valence-corrected chi connectivity index (χ4v) is 3.31. The van der Waals surface area contributed by atoms with Crippen LogP contribution in [0.4, 0.5) is 0 Å². The summed E-state index contributed by atoms with van der Waals surface area (Å²) in [6, 6.07) is 0. The molecule has 1 aliphatic rings. The second-order valence-electron chi connectivity index (χ2n) is 6.05. The summed E-state index contributed by atoms with van der Waals surface area (Å²) >= 11 is 0. The molecule has 1 unspecified atom stereocenters. The summed E-state index contributed by atoms with van der Waals surface area (Å²) in [6.07, 6.45) is 11.3. The van der Waals surface area contributed by atoms with E-state index in [0.29, 0.717) is 24.4 Å². The first-order valence-corrected chi connectivity index (χ1v) is 7.42. The quantitative estimate of drug-likeness (QED) is 0.651. The van der Waals surface area contributed by atoms with Gasteiger partial charge in [-0.2, -0.15) is 0 Å². The molecule has 0 heterocycles. The maximum atomic E-state index is 9.27. The fourth-order valence-electron chi connectivity index (χ4n) is 3.31. The number of aliphatic hydroxyl groups excluding tert-OH is 1. The first-order chi connectivity index (χ1) is 8.19. The van der Waals surface area contributed by atoms with Gasteiger partial charge < -0.3 is 5.11 Å². The smallest absolute Gasteiger partial charge is 0.0433 e. The van der Waals surface area contributed by atoms with E-state index >= 15 is 0 Å². The predicted molar refractivity (Wildman–Crippen MR) is 74.9 cm³/mol. The lowest BCUT2D eigenvalue weighted by Gasteiger charge is -2.33. The topological polar surface area (TPSA) is 20.2 Å². The van der Waals surface area contributed by atoms with Crippen molar-refractivity contribution in [1.82, 2.24) is 0 Å². The molecule has 0 spiro atoms. The molecule has 1 saturated carbocycles. The van der Waals surface area contributed by atoms with Crippen LogP contribution in [0.25, 0.3) is 0 Å². The second kappa shape index (κ2) is 7.92. The molecule has 0 aliphatic heterocycles. The lowest BCUT2D eigenvalue weighted by molar-refractivity contribution is 0.160. The van der Waals surface area contributed by atoms with Crippen LogP contribution in [0.15, 0.2) is 12.7 Å². The molecule has 1 fully saturated rings. The Hall–Kier alpha value is -0.300. The third-order valence-electron chi connectivity index (χ3n) is 4.55. The van der Waals surface area contributed by atoms with Crippen molar-refractivity contribution in [2.24, 2.45) is 23.7 Å².